The predicted octanol–water partition coefficient (Wildman–Crippen LogP) is 3.63. The SMILES string of the molecule is C=C(O)CC[C@]1(O)CCC2C3[C@H](C(=O)OC)CC4=CC(=O)CC[C@]4(C)[C@]34O[C@H]4C[C@@]21C. The van der Waals surface area contributed by atoms with Crippen LogP contribution in [0, 0.1) is 28.6 Å². The van der Waals surface area contributed by atoms with Gasteiger partial charge < -0.3 is 19.7 Å². The molecule has 5 aliphatic rings. The molecule has 4 fully saturated rings. The van der Waals surface area contributed by atoms with Gasteiger partial charge in [0.1, 0.15) is 5.60 Å². The van der Waals surface area contributed by atoms with Crippen molar-refractivity contribution in [2.24, 2.45) is 28.6 Å². The highest BCUT2D eigenvalue weighted by Crippen LogP contribution is 2.77. The molecule has 6 heteroatoms. The minimum absolute atomic E-state index is 0.0465. The second kappa shape index (κ2) is 6.44. The lowest BCUT2D eigenvalue weighted by Gasteiger charge is -2.58. The van der Waals surface area contributed by atoms with E-state index in [1.165, 1.54) is 7.11 Å². The summed E-state index contributed by atoms with van der Waals surface area (Å²) < 4.78 is 11.8. The van der Waals surface area contributed by atoms with Crippen LogP contribution >= 0.6 is 0 Å². The molecule has 1 saturated heterocycles. The Kier molecular flexibility index (Phi) is 4.41. The number of allylic oxidation sites excluding steroid dienone is 1. The minimum Gasteiger partial charge on any atom is -0.513 e. The van der Waals surface area contributed by atoms with Crippen LogP contribution in [0.5, 0.6) is 0 Å². The van der Waals surface area contributed by atoms with Gasteiger partial charge in [0.15, 0.2) is 5.78 Å². The summed E-state index contributed by atoms with van der Waals surface area (Å²) in [7, 11) is 1.42. The number of hydrogen-bond acceptors (Lipinski definition) is 6. The third-order valence-electron chi connectivity index (χ3n) is 10.0. The number of epoxide rings is 1. The van der Waals surface area contributed by atoms with E-state index < -0.39 is 16.6 Å². The van der Waals surface area contributed by atoms with Gasteiger partial charge >= 0.3 is 5.97 Å². The fourth-order valence-electron chi connectivity index (χ4n) is 8.26. The zero-order valence-electron chi connectivity index (χ0n) is 18.8. The lowest BCUT2D eigenvalue weighted by Crippen LogP contribution is -2.63. The highest BCUT2D eigenvalue weighted by atomic mass is 16.6. The summed E-state index contributed by atoms with van der Waals surface area (Å²) in [5, 5.41) is 21.4. The quantitative estimate of drug-likeness (QED) is 0.402. The Morgan fingerprint density at radius 2 is 2.10 bits per heavy atom. The van der Waals surface area contributed by atoms with Crippen molar-refractivity contribution in [2.75, 3.05) is 7.11 Å². The first kappa shape index (κ1) is 21.2. The average Bonchev–Trinajstić information content (AvgIpc) is 3.38. The van der Waals surface area contributed by atoms with Gasteiger partial charge in [-0.1, -0.05) is 26.0 Å². The maximum atomic E-state index is 13.0. The maximum absolute atomic E-state index is 13.0. The molecule has 0 bridgehead atoms. The first-order chi connectivity index (χ1) is 14.5. The van der Waals surface area contributed by atoms with E-state index in [9.17, 15) is 19.8 Å². The zero-order chi connectivity index (χ0) is 22.4. The van der Waals surface area contributed by atoms with Crippen molar-refractivity contribution in [3.63, 3.8) is 0 Å². The summed E-state index contributed by atoms with van der Waals surface area (Å²) in [6.45, 7) is 7.95. The number of methoxy groups -OCH3 is 1. The molecular weight excluding hydrogens is 396 g/mol. The molecule has 0 amide bonds. The molecule has 0 radical (unpaired) electrons. The van der Waals surface area contributed by atoms with E-state index in [4.69, 9.17) is 9.47 Å². The van der Waals surface area contributed by atoms with Crippen molar-refractivity contribution >= 4 is 11.8 Å². The molecule has 3 saturated carbocycles. The van der Waals surface area contributed by atoms with E-state index in [1.807, 2.05) is 0 Å². The van der Waals surface area contributed by atoms with Crippen molar-refractivity contribution in [3.8, 4) is 0 Å². The molecule has 1 spiro atoms. The van der Waals surface area contributed by atoms with Crippen LogP contribution in [-0.4, -0.2) is 46.4 Å². The van der Waals surface area contributed by atoms with Crippen molar-refractivity contribution in [1.82, 2.24) is 0 Å². The van der Waals surface area contributed by atoms with Crippen molar-refractivity contribution < 1.29 is 29.3 Å². The van der Waals surface area contributed by atoms with Crippen LogP contribution in [0.3, 0.4) is 0 Å². The molecule has 0 aromatic heterocycles. The van der Waals surface area contributed by atoms with Gasteiger partial charge in [-0.3, -0.25) is 9.59 Å². The fourth-order valence-corrected chi connectivity index (χ4v) is 8.26. The van der Waals surface area contributed by atoms with Crippen LogP contribution < -0.4 is 0 Å². The summed E-state index contributed by atoms with van der Waals surface area (Å²) in [6.07, 6.45) is 6.51. The number of ketones is 1. The Labute approximate surface area is 183 Å². The average molecular weight is 431 g/mol. The maximum Gasteiger partial charge on any atom is 0.309 e. The Morgan fingerprint density at radius 1 is 1.35 bits per heavy atom. The smallest absolute Gasteiger partial charge is 0.309 e. The van der Waals surface area contributed by atoms with Crippen LogP contribution in [0.15, 0.2) is 24.0 Å². The number of ether oxygens (including phenoxy) is 2. The lowest BCUT2D eigenvalue weighted by molar-refractivity contribution is -0.162. The largest absolute Gasteiger partial charge is 0.513 e. The van der Waals surface area contributed by atoms with Crippen LogP contribution in [0.2, 0.25) is 0 Å². The van der Waals surface area contributed by atoms with Gasteiger partial charge in [-0.05, 0) is 50.5 Å². The summed E-state index contributed by atoms with van der Waals surface area (Å²) in [4.78, 5) is 25.3. The summed E-state index contributed by atoms with van der Waals surface area (Å²) in [5.41, 5.74) is -1.03. The molecule has 8 atom stereocenters. The first-order valence-corrected chi connectivity index (χ1v) is 11.6. The molecule has 1 heterocycles. The van der Waals surface area contributed by atoms with Crippen molar-refractivity contribution in [3.05, 3.63) is 24.0 Å². The Hall–Kier alpha value is -1.66. The van der Waals surface area contributed by atoms with Crippen LogP contribution in [0.4, 0.5) is 0 Å². The minimum atomic E-state index is -0.929. The Bertz CT molecular complexity index is 892. The number of esters is 1. The molecule has 0 aromatic rings. The third-order valence-corrected chi connectivity index (χ3v) is 10.0. The summed E-state index contributed by atoms with van der Waals surface area (Å²) >= 11 is 0. The number of hydrogen-bond donors (Lipinski definition) is 2. The van der Waals surface area contributed by atoms with Gasteiger partial charge in [0, 0.05) is 29.6 Å². The van der Waals surface area contributed by atoms with E-state index in [0.717, 1.165) is 24.8 Å². The van der Waals surface area contributed by atoms with E-state index >= 15 is 0 Å². The number of rotatable bonds is 4. The van der Waals surface area contributed by atoms with Crippen LogP contribution in [-0.2, 0) is 19.1 Å². The second-order valence-electron chi connectivity index (χ2n) is 11.1. The number of carbonyl (C=O) groups excluding carboxylic acids is 2. The topological polar surface area (TPSA) is 96.4 Å². The molecule has 0 aromatic carbocycles. The van der Waals surface area contributed by atoms with E-state index in [1.54, 1.807) is 6.08 Å². The fraction of sp³-hybridized carbons (Fsp3) is 0.760. The van der Waals surface area contributed by atoms with Gasteiger partial charge in [-0.2, -0.15) is 0 Å². The van der Waals surface area contributed by atoms with Gasteiger partial charge in [0.05, 0.1) is 30.5 Å². The summed E-state index contributed by atoms with van der Waals surface area (Å²) in [5.74, 6) is -0.340. The lowest BCUT2D eigenvalue weighted by atomic mass is 9.43. The molecule has 1 aliphatic heterocycles. The third kappa shape index (κ3) is 2.52. The normalized spacial score (nSPS) is 49.8. The monoisotopic (exact) mass is 430 g/mol. The summed E-state index contributed by atoms with van der Waals surface area (Å²) in [6, 6.07) is 0. The Morgan fingerprint density at radius 3 is 2.77 bits per heavy atom. The van der Waals surface area contributed by atoms with Crippen LogP contribution in [0.1, 0.15) is 65.2 Å². The number of aliphatic hydroxyl groups excluding tert-OH is 1. The standard InChI is InChI=1S/C25H34O6/c1-14(26)5-9-24(29)10-7-18-20-17(21(28)30-4)12-15-11-16(27)6-8-22(15,2)25(20)19(31-25)13-23(18,24)3/h11,17-20,26,29H,1,5-10,12-13H2,2-4H3/t17-,18?,19+,20?,22+,23+,24+,25-/m1/s1. The molecule has 2 N–H and O–H groups in total. The second-order valence-corrected chi connectivity index (χ2v) is 11.1. The zero-order valence-corrected chi connectivity index (χ0v) is 18.8. The van der Waals surface area contributed by atoms with Gasteiger partial charge in [-0.25, -0.2) is 0 Å². The highest BCUT2D eigenvalue weighted by molar-refractivity contribution is 5.92. The number of aliphatic hydroxyl groups is 2. The molecule has 6 nitrogen and oxygen atoms in total. The molecule has 2 unspecified atom stereocenters. The molecule has 4 aliphatic carbocycles. The molecule has 31 heavy (non-hydrogen) atoms. The number of fused-ring (bicyclic) bond motifs is 3. The van der Waals surface area contributed by atoms with E-state index in [0.29, 0.717) is 32.1 Å². The van der Waals surface area contributed by atoms with Gasteiger partial charge in [0.25, 0.3) is 0 Å². The van der Waals surface area contributed by atoms with Gasteiger partial charge in [-0.15, -0.1) is 0 Å². The van der Waals surface area contributed by atoms with Crippen molar-refractivity contribution in [1.29, 1.82) is 0 Å². The van der Waals surface area contributed by atoms with E-state index in [-0.39, 0.29) is 46.8 Å². The Balaban J connectivity index is 1.59. The van der Waals surface area contributed by atoms with Crippen molar-refractivity contribution in [2.45, 2.75) is 82.5 Å². The van der Waals surface area contributed by atoms with Gasteiger partial charge in [0.2, 0.25) is 0 Å². The molecule has 170 valence electrons. The molecular formula is C25H34O6. The van der Waals surface area contributed by atoms with Crippen LogP contribution in [0.25, 0.3) is 0 Å². The first-order valence-electron chi connectivity index (χ1n) is 11.6. The highest BCUT2D eigenvalue weighted by Gasteiger charge is 2.82. The molecule has 5 rings (SSSR count). The van der Waals surface area contributed by atoms with E-state index in [2.05, 4.69) is 20.4 Å². The number of carbonyl (C=O) groups is 2. The predicted molar refractivity (Wildman–Crippen MR) is 113 cm³/mol.